The molecule has 2 heterocycles. The Hall–Kier alpha value is -3.45. The van der Waals surface area contributed by atoms with E-state index in [2.05, 4.69) is 39.9 Å². The highest BCUT2D eigenvalue weighted by atomic mass is 16.2. The zero-order valence-corrected chi connectivity index (χ0v) is 22.5. The third-order valence-corrected chi connectivity index (χ3v) is 8.80. The average molecular weight is 514 g/mol. The predicted octanol–water partition coefficient (Wildman–Crippen LogP) is 4.46. The molecule has 0 saturated heterocycles. The molecule has 0 spiro atoms. The number of nitrogens with zero attached hydrogens (tertiary/aromatic N) is 2. The Morgan fingerprint density at radius 1 is 1.11 bits per heavy atom. The molecule has 5 rings (SSSR count). The number of dihydropyridines is 1. The van der Waals surface area contributed by atoms with E-state index >= 15 is 0 Å². The van der Waals surface area contributed by atoms with Crippen molar-refractivity contribution in [3.63, 3.8) is 0 Å². The lowest BCUT2D eigenvalue weighted by Crippen LogP contribution is -2.54. The van der Waals surface area contributed by atoms with Crippen LogP contribution in [-0.2, 0) is 20.8 Å². The third kappa shape index (κ3) is 5.25. The Morgan fingerprint density at radius 3 is 2.45 bits per heavy atom. The van der Waals surface area contributed by atoms with Gasteiger partial charge in [0, 0.05) is 55.5 Å². The molecule has 4 N–H and O–H groups in total. The normalized spacial score (nSPS) is 25.7. The lowest BCUT2D eigenvalue weighted by Gasteiger charge is -2.39. The highest BCUT2D eigenvalue weighted by Crippen LogP contribution is 2.40. The number of nitrogens with one attached hydrogen (secondary N) is 2. The maximum atomic E-state index is 13.4. The second-order valence-corrected chi connectivity index (χ2v) is 11.2. The SMILES string of the molecule is CC(=O)N(C)C1CCC(CC(=O)NC2(c3ccncc3-c3ccc(C4(N)CCC4)cc3)C=CC=CN2)CC1. The van der Waals surface area contributed by atoms with Crippen LogP contribution in [0.3, 0.4) is 0 Å². The van der Waals surface area contributed by atoms with E-state index in [9.17, 15) is 9.59 Å². The molecule has 1 aromatic carbocycles. The van der Waals surface area contributed by atoms with Crippen molar-refractivity contribution in [3.8, 4) is 11.1 Å². The fraction of sp³-hybridized carbons (Fsp3) is 0.452. The second-order valence-electron chi connectivity index (χ2n) is 11.2. The maximum absolute atomic E-state index is 13.4. The minimum absolute atomic E-state index is 0.00832. The number of amides is 2. The minimum atomic E-state index is -0.877. The first kappa shape index (κ1) is 26.2. The number of carbonyl (C=O) groups excluding carboxylic acids is 2. The van der Waals surface area contributed by atoms with E-state index in [0.29, 0.717) is 12.3 Å². The van der Waals surface area contributed by atoms with Crippen LogP contribution in [-0.4, -0.2) is 34.8 Å². The predicted molar refractivity (Wildman–Crippen MR) is 149 cm³/mol. The van der Waals surface area contributed by atoms with Crippen molar-refractivity contribution < 1.29 is 9.59 Å². The van der Waals surface area contributed by atoms with Crippen LogP contribution in [0.15, 0.2) is 67.2 Å². The third-order valence-electron chi connectivity index (χ3n) is 8.80. The molecular formula is C31H39N5O2. The van der Waals surface area contributed by atoms with Gasteiger partial charge >= 0.3 is 0 Å². The maximum Gasteiger partial charge on any atom is 0.222 e. The first-order valence-electron chi connectivity index (χ1n) is 13.8. The van der Waals surface area contributed by atoms with Crippen LogP contribution in [0.4, 0.5) is 0 Å². The quantitative estimate of drug-likeness (QED) is 0.508. The van der Waals surface area contributed by atoms with Crippen molar-refractivity contribution >= 4 is 11.8 Å². The van der Waals surface area contributed by atoms with Crippen LogP contribution in [0.5, 0.6) is 0 Å². The van der Waals surface area contributed by atoms with Crippen LogP contribution in [0.1, 0.15) is 69.4 Å². The van der Waals surface area contributed by atoms with Crippen LogP contribution < -0.4 is 16.4 Å². The molecule has 0 bridgehead atoms. The van der Waals surface area contributed by atoms with Gasteiger partial charge in [0.25, 0.3) is 0 Å². The summed E-state index contributed by atoms with van der Waals surface area (Å²) in [5.41, 5.74) is 9.56. The summed E-state index contributed by atoms with van der Waals surface area (Å²) >= 11 is 0. The Balaban J connectivity index is 1.33. The van der Waals surface area contributed by atoms with E-state index in [1.54, 1.807) is 13.1 Å². The van der Waals surface area contributed by atoms with Gasteiger partial charge in [-0.3, -0.25) is 14.6 Å². The number of carbonyl (C=O) groups is 2. The summed E-state index contributed by atoms with van der Waals surface area (Å²) < 4.78 is 0. The number of pyridine rings is 1. The van der Waals surface area contributed by atoms with E-state index in [1.165, 1.54) is 12.0 Å². The number of hydrogen-bond donors (Lipinski definition) is 3. The Labute approximate surface area is 225 Å². The van der Waals surface area contributed by atoms with Crippen molar-refractivity contribution in [2.75, 3.05) is 7.05 Å². The number of nitrogens with two attached hydrogens (primary N) is 1. The van der Waals surface area contributed by atoms with E-state index in [1.807, 2.05) is 48.6 Å². The molecule has 2 aliphatic carbocycles. The van der Waals surface area contributed by atoms with Gasteiger partial charge in [-0.05, 0) is 86.4 Å². The zero-order valence-electron chi connectivity index (χ0n) is 22.5. The number of aromatic nitrogens is 1. The molecule has 1 atom stereocenters. The minimum Gasteiger partial charge on any atom is -0.362 e. The van der Waals surface area contributed by atoms with Gasteiger partial charge in [-0.1, -0.05) is 30.3 Å². The van der Waals surface area contributed by atoms with Gasteiger partial charge in [0.15, 0.2) is 5.66 Å². The number of rotatable bonds is 7. The fourth-order valence-electron chi connectivity index (χ4n) is 6.12. The zero-order chi connectivity index (χ0) is 26.8. The molecule has 3 aliphatic rings. The molecule has 1 unspecified atom stereocenters. The van der Waals surface area contributed by atoms with Crippen LogP contribution in [0.2, 0.25) is 0 Å². The Morgan fingerprint density at radius 2 is 1.84 bits per heavy atom. The molecule has 200 valence electrons. The van der Waals surface area contributed by atoms with Gasteiger partial charge in [-0.2, -0.15) is 0 Å². The van der Waals surface area contributed by atoms with E-state index in [4.69, 9.17) is 5.73 Å². The monoisotopic (exact) mass is 513 g/mol. The van der Waals surface area contributed by atoms with Gasteiger partial charge in [0.05, 0.1) is 0 Å². The van der Waals surface area contributed by atoms with Crippen LogP contribution in [0.25, 0.3) is 11.1 Å². The van der Waals surface area contributed by atoms with Gasteiger partial charge < -0.3 is 21.3 Å². The van der Waals surface area contributed by atoms with E-state index < -0.39 is 5.66 Å². The highest BCUT2D eigenvalue weighted by Gasteiger charge is 2.36. The van der Waals surface area contributed by atoms with Gasteiger partial charge in [-0.25, -0.2) is 0 Å². The smallest absolute Gasteiger partial charge is 0.222 e. The van der Waals surface area contributed by atoms with Gasteiger partial charge in [0.1, 0.15) is 0 Å². The van der Waals surface area contributed by atoms with Crippen LogP contribution >= 0.6 is 0 Å². The number of allylic oxidation sites excluding steroid dienone is 2. The lowest BCUT2D eigenvalue weighted by molar-refractivity contribution is -0.131. The molecule has 7 heteroatoms. The molecule has 2 aromatic rings. The van der Waals surface area contributed by atoms with E-state index in [-0.39, 0.29) is 23.4 Å². The van der Waals surface area contributed by atoms with Crippen molar-refractivity contribution in [1.82, 2.24) is 20.5 Å². The topological polar surface area (TPSA) is 100 Å². The van der Waals surface area contributed by atoms with Gasteiger partial charge in [-0.15, -0.1) is 0 Å². The summed E-state index contributed by atoms with van der Waals surface area (Å²) in [7, 11) is 1.87. The van der Waals surface area contributed by atoms with Crippen molar-refractivity contribution in [1.29, 1.82) is 0 Å². The molecule has 1 aliphatic heterocycles. The summed E-state index contributed by atoms with van der Waals surface area (Å²) in [5.74, 6) is 0.421. The summed E-state index contributed by atoms with van der Waals surface area (Å²) in [6.45, 7) is 1.61. The fourth-order valence-corrected chi connectivity index (χ4v) is 6.12. The van der Waals surface area contributed by atoms with E-state index in [0.717, 1.165) is 55.2 Å². The highest BCUT2D eigenvalue weighted by molar-refractivity contribution is 5.79. The standard InChI is InChI=1S/C31H39N5O2/c1-22(37)36(2)26-12-6-23(7-13-26)20-29(38)35-31(17-3-4-18-34-31)28-14-19-33-21-27(28)24-8-10-25(11-9-24)30(32)15-5-16-30/h3-4,8-11,14,17-19,21,23,26,34H,5-7,12-13,15-16,20,32H2,1-2H3,(H,35,38). The molecule has 1 aromatic heterocycles. The Kier molecular flexibility index (Phi) is 7.39. The van der Waals surface area contributed by atoms with Crippen molar-refractivity contribution in [2.45, 2.75) is 75.5 Å². The molecule has 2 amide bonds. The van der Waals surface area contributed by atoms with Gasteiger partial charge in [0.2, 0.25) is 11.8 Å². The molecule has 38 heavy (non-hydrogen) atoms. The average Bonchev–Trinajstić information content (AvgIpc) is 2.92. The summed E-state index contributed by atoms with van der Waals surface area (Å²) in [6, 6.07) is 10.7. The first-order valence-corrected chi connectivity index (χ1v) is 13.8. The van der Waals surface area contributed by atoms with Crippen LogP contribution in [0, 0.1) is 5.92 Å². The lowest BCUT2D eigenvalue weighted by atomic mass is 9.72. The molecule has 2 fully saturated rings. The summed E-state index contributed by atoms with van der Waals surface area (Å²) in [4.78, 5) is 31.4. The number of hydrogen-bond acceptors (Lipinski definition) is 5. The molecule has 7 nitrogen and oxygen atoms in total. The first-order chi connectivity index (χ1) is 18.3. The van der Waals surface area contributed by atoms with Crippen molar-refractivity contribution in [2.24, 2.45) is 11.7 Å². The molecule has 0 radical (unpaired) electrons. The molecular weight excluding hydrogens is 474 g/mol. The summed E-state index contributed by atoms with van der Waals surface area (Å²) in [6.07, 6.45) is 18.8. The molecule has 2 saturated carbocycles. The second kappa shape index (κ2) is 10.7. The number of benzene rings is 1. The summed E-state index contributed by atoms with van der Waals surface area (Å²) in [5, 5.41) is 6.74. The van der Waals surface area contributed by atoms with Crippen molar-refractivity contribution in [3.05, 3.63) is 78.3 Å². The largest absolute Gasteiger partial charge is 0.362 e. The Bertz CT molecular complexity index is 1230.